The van der Waals surface area contributed by atoms with Gasteiger partial charge in [-0.05, 0) is 59.9 Å². The minimum atomic E-state index is -0.245. The van der Waals surface area contributed by atoms with Gasteiger partial charge in [-0.3, -0.25) is 4.98 Å². The van der Waals surface area contributed by atoms with E-state index in [1.807, 2.05) is 12.1 Å². The average Bonchev–Trinajstić information content (AvgIpc) is 3.15. The smallest absolute Gasteiger partial charge is 0.124 e. The highest BCUT2D eigenvalue weighted by Gasteiger charge is 2.16. The van der Waals surface area contributed by atoms with Gasteiger partial charge in [0, 0.05) is 23.5 Å². The molecule has 4 aromatic rings. The van der Waals surface area contributed by atoms with Crippen LogP contribution in [0.1, 0.15) is 19.4 Å². The minimum Gasteiger partial charge on any atom is -0.265 e. The summed E-state index contributed by atoms with van der Waals surface area (Å²) in [5.41, 5.74) is 5.28. The molecule has 2 nitrogen and oxygen atoms in total. The van der Waals surface area contributed by atoms with Crippen molar-refractivity contribution in [1.82, 2.24) is 9.97 Å². The molecule has 4 heteroatoms. The maximum absolute atomic E-state index is 13.4. The fourth-order valence-corrected chi connectivity index (χ4v) is 4.30. The van der Waals surface area contributed by atoms with E-state index in [-0.39, 0.29) is 5.82 Å². The largest absolute Gasteiger partial charge is 0.265 e. The van der Waals surface area contributed by atoms with Gasteiger partial charge in [-0.1, -0.05) is 38.1 Å². The number of thiazole rings is 1. The highest BCUT2D eigenvalue weighted by atomic mass is 32.1. The first-order valence-corrected chi connectivity index (χ1v) is 10.2. The molecule has 0 aliphatic heterocycles. The molecular weight excluding hydrogens is 367 g/mol. The molecule has 4 rings (SSSR count). The van der Waals surface area contributed by atoms with E-state index in [1.54, 1.807) is 35.9 Å². The van der Waals surface area contributed by atoms with E-state index in [2.05, 4.69) is 43.1 Å². The molecule has 2 aromatic carbocycles. The first-order valence-electron chi connectivity index (χ1n) is 9.36. The molecule has 0 N–H and O–H groups in total. The van der Waals surface area contributed by atoms with Gasteiger partial charge < -0.3 is 0 Å². The van der Waals surface area contributed by atoms with E-state index in [1.165, 1.54) is 17.7 Å². The van der Waals surface area contributed by atoms with E-state index in [0.717, 1.165) is 38.7 Å². The maximum atomic E-state index is 13.4. The standard InChI is InChI=1S/C24H21FN2S/c1-16(2)15-17-3-5-20(6-4-17)24-27-22(18-7-9-21(25)10-8-18)23(28-24)19-11-13-26-14-12-19/h3-14,16H,15H2,1-2H3. The molecule has 0 atom stereocenters. The summed E-state index contributed by atoms with van der Waals surface area (Å²) < 4.78 is 13.4. The van der Waals surface area contributed by atoms with Gasteiger partial charge in [0.05, 0.1) is 10.6 Å². The van der Waals surface area contributed by atoms with Crippen molar-refractivity contribution in [2.45, 2.75) is 20.3 Å². The number of hydrogen-bond donors (Lipinski definition) is 0. The summed E-state index contributed by atoms with van der Waals surface area (Å²) >= 11 is 1.65. The van der Waals surface area contributed by atoms with Crippen LogP contribution in [0.5, 0.6) is 0 Å². The van der Waals surface area contributed by atoms with Gasteiger partial charge in [0.15, 0.2) is 0 Å². The molecule has 0 aliphatic rings. The molecule has 0 fully saturated rings. The second-order valence-electron chi connectivity index (χ2n) is 7.23. The van der Waals surface area contributed by atoms with Gasteiger partial charge >= 0.3 is 0 Å². The van der Waals surface area contributed by atoms with Gasteiger partial charge in [0.2, 0.25) is 0 Å². The minimum absolute atomic E-state index is 0.245. The number of rotatable bonds is 5. The van der Waals surface area contributed by atoms with Crippen molar-refractivity contribution in [2.75, 3.05) is 0 Å². The fourth-order valence-electron chi connectivity index (χ4n) is 3.20. The van der Waals surface area contributed by atoms with E-state index < -0.39 is 0 Å². The summed E-state index contributed by atoms with van der Waals surface area (Å²) in [4.78, 5) is 10.1. The lowest BCUT2D eigenvalue weighted by Gasteiger charge is -2.05. The van der Waals surface area contributed by atoms with E-state index in [0.29, 0.717) is 5.92 Å². The van der Waals surface area contributed by atoms with Crippen LogP contribution in [0.4, 0.5) is 4.39 Å². The SMILES string of the molecule is CC(C)Cc1ccc(-c2nc(-c3ccc(F)cc3)c(-c3ccncc3)s2)cc1. The molecule has 2 aromatic heterocycles. The summed E-state index contributed by atoms with van der Waals surface area (Å²) in [7, 11) is 0. The zero-order valence-corrected chi connectivity index (χ0v) is 16.7. The summed E-state index contributed by atoms with van der Waals surface area (Å²) in [6.45, 7) is 4.45. The van der Waals surface area contributed by atoms with Crippen LogP contribution >= 0.6 is 11.3 Å². The third-order valence-corrected chi connectivity index (χ3v) is 5.69. The third kappa shape index (κ3) is 4.02. The lowest BCUT2D eigenvalue weighted by molar-refractivity contribution is 0.628. The van der Waals surface area contributed by atoms with Crippen LogP contribution in [-0.4, -0.2) is 9.97 Å². The lowest BCUT2D eigenvalue weighted by atomic mass is 10.0. The van der Waals surface area contributed by atoms with Crippen LogP contribution in [0.25, 0.3) is 32.3 Å². The molecule has 0 spiro atoms. The Labute approximate surface area is 168 Å². The second-order valence-corrected chi connectivity index (χ2v) is 8.23. The average molecular weight is 389 g/mol. The normalized spacial score (nSPS) is 11.1. The molecule has 0 aliphatic carbocycles. The van der Waals surface area contributed by atoms with Crippen LogP contribution in [0.3, 0.4) is 0 Å². The lowest BCUT2D eigenvalue weighted by Crippen LogP contribution is -1.93. The first kappa shape index (κ1) is 18.5. The van der Waals surface area contributed by atoms with E-state index in [9.17, 15) is 4.39 Å². The molecule has 28 heavy (non-hydrogen) atoms. The first-order chi connectivity index (χ1) is 13.6. The number of pyridine rings is 1. The van der Waals surface area contributed by atoms with Gasteiger partial charge in [-0.25, -0.2) is 9.37 Å². The molecule has 0 bridgehead atoms. The van der Waals surface area contributed by atoms with Crippen LogP contribution in [0.15, 0.2) is 73.1 Å². The molecule has 0 saturated heterocycles. The van der Waals surface area contributed by atoms with Crippen molar-refractivity contribution in [1.29, 1.82) is 0 Å². The Hall–Kier alpha value is -2.85. The van der Waals surface area contributed by atoms with Crippen LogP contribution in [0, 0.1) is 11.7 Å². The molecule has 0 saturated carbocycles. The monoisotopic (exact) mass is 388 g/mol. The quantitative estimate of drug-likeness (QED) is 0.372. The van der Waals surface area contributed by atoms with Crippen molar-refractivity contribution in [3.63, 3.8) is 0 Å². The summed E-state index contributed by atoms with van der Waals surface area (Å²) in [6.07, 6.45) is 4.63. The summed E-state index contributed by atoms with van der Waals surface area (Å²) in [5.74, 6) is 0.388. The van der Waals surface area contributed by atoms with Gasteiger partial charge in [0.25, 0.3) is 0 Å². The van der Waals surface area contributed by atoms with Gasteiger partial charge in [-0.2, -0.15) is 0 Å². The van der Waals surface area contributed by atoms with Crippen molar-refractivity contribution >= 4 is 11.3 Å². The Kier molecular flexibility index (Phi) is 5.31. The van der Waals surface area contributed by atoms with Crippen molar-refractivity contribution in [3.05, 3.63) is 84.4 Å². The molecular formula is C24H21FN2S. The fraction of sp³-hybridized carbons (Fsp3) is 0.167. The van der Waals surface area contributed by atoms with E-state index in [4.69, 9.17) is 4.98 Å². The zero-order valence-electron chi connectivity index (χ0n) is 15.9. The maximum Gasteiger partial charge on any atom is 0.124 e. The van der Waals surface area contributed by atoms with Crippen LogP contribution in [0.2, 0.25) is 0 Å². The van der Waals surface area contributed by atoms with Gasteiger partial charge in [-0.15, -0.1) is 11.3 Å². The third-order valence-electron chi connectivity index (χ3n) is 4.53. The molecule has 0 radical (unpaired) electrons. The predicted molar refractivity (Wildman–Crippen MR) is 115 cm³/mol. The Morgan fingerprint density at radius 1 is 0.821 bits per heavy atom. The van der Waals surface area contributed by atoms with Crippen molar-refractivity contribution in [2.24, 2.45) is 5.92 Å². The highest BCUT2D eigenvalue weighted by molar-refractivity contribution is 7.19. The molecule has 2 heterocycles. The highest BCUT2D eigenvalue weighted by Crippen LogP contribution is 2.40. The summed E-state index contributed by atoms with van der Waals surface area (Å²) in [5, 5.41) is 0.960. The van der Waals surface area contributed by atoms with Crippen molar-refractivity contribution < 1.29 is 4.39 Å². The zero-order chi connectivity index (χ0) is 19.5. The Morgan fingerprint density at radius 3 is 2.11 bits per heavy atom. The van der Waals surface area contributed by atoms with Crippen molar-refractivity contribution in [3.8, 4) is 32.3 Å². The van der Waals surface area contributed by atoms with E-state index >= 15 is 0 Å². The predicted octanol–water partition coefficient (Wildman–Crippen LogP) is 6.88. The number of aromatic nitrogens is 2. The topological polar surface area (TPSA) is 25.8 Å². The van der Waals surface area contributed by atoms with Gasteiger partial charge in [0.1, 0.15) is 10.8 Å². The van der Waals surface area contributed by atoms with Crippen LogP contribution < -0.4 is 0 Å². The Morgan fingerprint density at radius 2 is 1.46 bits per heavy atom. The summed E-state index contributed by atoms with van der Waals surface area (Å²) in [6, 6.07) is 19.1. The molecule has 0 unspecified atom stereocenters. The number of benzene rings is 2. The number of halogens is 1. The Bertz CT molecular complexity index is 1050. The molecule has 140 valence electrons. The number of nitrogens with zero attached hydrogens (tertiary/aromatic N) is 2. The van der Waals surface area contributed by atoms with Crippen LogP contribution in [-0.2, 0) is 6.42 Å². The second kappa shape index (κ2) is 8.03. The number of hydrogen-bond acceptors (Lipinski definition) is 3. The Balaban J connectivity index is 1.78. The molecule has 0 amide bonds.